The highest BCUT2D eigenvalue weighted by molar-refractivity contribution is 8.00. The molecule has 2 aromatic rings. The van der Waals surface area contributed by atoms with Crippen molar-refractivity contribution in [3.8, 4) is 0 Å². The van der Waals surface area contributed by atoms with Crippen LogP contribution < -0.4 is 9.21 Å². The molecule has 0 saturated carbocycles. The molecule has 1 atom stereocenters. The molecule has 29 heavy (non-hydrogen) atoms. The van der Waals surface area contributed by atoms with Gasteiger partial charge in [0.15, 0.2) is 0 Å². The standard InChI is InChI=1S/C21H24N2O3S3/c1-3-16-14-23(18-7-4-5-8-21(18)28-16)29(25,26)17-9-10-20-19(13-17)22(15(2)24)11-6-12-27-20/h4-5,7-10,13,16H,3,6,11-12,14H2,1-2H3/t16-/m1/s1. The van der Waals surface area contributed by atoms with Crippen LogP contribution in [0, 0.1) is 0 Å². The fourth-order valence-corrected chi connectivity index (χ4v) is 7.55. The average Bonchev–Trinajstić information content (AvgIpc) is 2.94. The Hall–Kier alpha value is -1.64. The number of carbonyl (C=O) groups excluding carboxylic acids is 1. The van der Waals surface area contributed by atoms with Gasteiger partial charge in [-0.05, 0) is 48.9 Å². The van der Waals surface area contributed by atoms with E-state index in [-0.39, 0.29) is 16.1 Å². The molecule has 2 heterocycles. The zero-order valence-electron chi connectivity index (χ0n) is 16.5. The second-order valence-electron chi connectivity index (χ2n) is 7.15. The highest BCUT2D eigenvalue weighted by atomic mass is 32.2. The van der Waals surface area contributed by atoms with Gasteiger partial charge in [0, 0.05) is 35.1 Å². The maximum atomic E-state index is 13.7. The normalized spacial score (nSPS) is 19.3. The lowest BCUT2D eigenvalue weighted by Gasteiger charge is -2.34. The van der Waals surface area contributed by atoms with Gasteiger partial charge in [-0.2, -0.15) is 0 Å². The lowest BCUT2D eigenvalue weighted by Crippen LogP contribution is -2.39. The number of amides is 1. The first-order valence-corrected chi connectivity index (χ1v) is 13.1. The molecule has 0 unspecified atom stereocenters. The van der Waals surface area contributed by atoms with Gasteiger partial charge in [-0.15, -0.1) is 23.5 Å². The second-order valence-corrected chi connectivity index (χ2v) is 11.5. The molecule has 4 rings (SSSR count). The summed E-state index contributed by atoms with van der Waals surface area (Å²) in [5.41, 5.74) is 1.43. The predicted molar refractivity (Wildman–Crippen MR) is 121 cm³/mol. The Bertz CT molecular complexity index is 1040. The van der Waals surface area contributed by atoms with Gasteiger partial charge in [0.1, 0.15) is 0 Å². The zero-order valence-corrected chi connectivity index (χ0v) is 18.9. The van der Waals surface area contributed by atoms with Crippen LogP contribution in [0.4, 0.5) is 11.4 Å². The summed E-state index contributed by atoms with van der Waals surface area (Å²) in [6.45, 7) is 4.67. The van der Waals surface area contributed by atoms with E-state index in [1.807, 2.05) is 30.3 Å². The number of sulfonamides is 1. The minimum atomic E-state index is -3.74. The van der Waals surface area contributed by atoms with Crippen LogP contribution in [-0.4, -0.2) is 38.4 Å². The van der Waals surface area contributed by atoms with Gasteiger partial charge < -0.3 is 4.90 Å². The molecule has 0 spiro atoms. The quantitative estimate of drug-likeness (QED) is 0.686. The first kappa shape index (κ1) is 20.6. The Morgan fingerprint density at radius 1 is 1.14 bits per heavy atom. The van der Waals surface area contributed by atoms with Crippen molar-refractivity contribution in [2.75, 3.05) is 28.0 Å². The van der Waals surface area contributed by atoms with E-state index in [4.69, 9.17) is 0 Å². The highest BCUT2D eigenvalue weighted by Crippen LogP contribution is 2.43. The molecule has 0 aromatic heterocycles. The molecule has 1 amide bonds. The summed E-state index contributed by atoms with van der Waals surface area (Å²) in [7, 11) is -3.74. The van der Waals surface area contributed by atoms with E-state index in [9.17, 15) is 13.2 Å². The molecule has 8 heteroatoms. The van der Waals surface area contributed by atoms with Crippen molar-refractivity contribution in [2.45, 2.75) is 46.6 Å². The van der Waals surface area contributed by atoms with Crippen molar-refractivity contribution in [3.05, 3.63) is 42.5 Å². The Morgan fingerprint density at radius 2 is 1.93 bits per heavy atom. The minimum Gasteiger partial charge on any atom is -0.311 e. The topological polar surface area (TPSA) is 57.7 Å². The maximum absolute atomic E-state index is 13.7. The highest BCUT2D eigenvalue weighted by Gasteiger charge is 2.34. The third kappa shape index (κ3) is 3.90. The number of hydrogen-bond acceptors (Lipinski definition) is 5. The molecular formula is C21H24N2O3S3. The number of fused-ring (bicyclic) bond motifs is 2. The Morgan fingerprint density at radius 3 is 2.69 bits per heavy atom. The van der Waals surface area contributed by atoms with Gasteiger partial charge in [-0.25, -0.2) is 8.42 Å². The number of carbonyl (C=O) groups is 1. The van der Waals surface area contributed by atoms with Crippen LogP contribution in [-0.2, 0) is 14.8 Å². The summed E-state index contributed by atoms with van der Waals surface area (Å²) in [6, 6.07) is 12.9. The van der Waals surface area contributed by atoms with Crippen molar-refractivity contribution < 1.29 is 13.2 Å². The van der Waals surface area contributed by atoms with E-state index >= 15 is 0 Å². The van der Waals surface area contributed by atoms with Crippen LogP contribution in [0.25, 0.3) is 0 Å². The van der Waals surface area contributed by atoms with E-state index in [0.717, 1.165) is 34.1 Å². The van der Waals surface area contributed by atoms with Gasteiger partial charge in [0.05, 0.1) is 16.3 Å². The van der Waals surface area contributed by atoms with Gasteiger partial charge >= 0.3 is 0 Å². The maximum Gasteiger partial charge on any atom is 0.264 e. The summed E-state index contributed by atoms with van der Waals surface area (Å²) >= 11 is 3.41. The van der Waals surface area contributed by atoms with Crippen LogP contribution in [0.5, 0.6) is 0 Å². The van der Waals surface area contributed by atoms with Crippen molar-refractivity contribution in [3.63, 3.8) is 0 Å². The van der Waals surface area contributed by atoms with Crippen LogP contribution in [0.3, 0.4) is 0 Å². The van der Waals surface area contributed by atoms with Gasteiger partial charge in [-0.1, -0.05) is 19.1 Å². The molecule has 2 aliphatic rings. The number of rotatable bonds is 3. The molecular weight excluding hydrogens is 424 g/mol. The Kier molecular flexibility index (Phi) is 5.86. The molecule has 0 fully saturated rings. The SMILES string of the molecule is CC[C@@H]1CN(S(=O)(=O)c2ccc3c(c2)N(C(C)=O)CCCS3)c2ccccc2S1. The van der Waals surface area contributed by atoms with E-state index in [1.54, 1.807) is 40.6 Å². The van der Waals surface area contributed by atoms with E-state index in [2.05, 4.69) is 6.92 Å². The Labute approximate surface area is 180 Å². The van der Waals surface area contributed by atoms with Crippen LogP contribution >= 0.6 is 23.5 Å². The van der Waals surface area contributed by atoms with Crippen LogP contribution in [0.15, 0.2) is 57.2 Å². The molecule has 0 bridgehead atoms. The van der Waals surface area contributed by atoms with E-state index < -0.39 is 10.0 Å². The number of para-hydroxylation sites is 1. The molecule has 0 N–H and O–H groups in total. The molecule has 2 aliphatic heterocycles. The first-order valence-electron chi connectivity index (χ1n) is 9.75. The third-order valence-corrected chi connectivity index (χ3v) is 9.56. The lowest BCUT2D eigenvalue weighted by atomic mass is 10.2. The summed E-state index contributed by atoms with van der Waals surface area (Å²) in [6.07, 6.45) is 1.78. The van der Waals surface area contributed by atoms with Crippen LogP contribution in [0.2, 0.25) is 0 Å². The second kappa shape index (κ2) is 8.24. The molecule has 0 aliphatic carbocycles. The third-order valence-electron chi connectivity index (χ3n) is 5.23. The summed E-state index contributed by atoms with van der Waals surface area (Å²) < 4.78 is 28.9. The lowest BCUT2D eigenvalue weighted by molar-refractivity contribution is -0.116. The monoisotopic (exact) mass is 448 g/mol. The van der Waals surface area contributed by atoms with Gasteiger partial charge in [0.25, 0.3) is 10.0 Å². The summed E-state index contributed by atoms with van der Waals surface area (Å²) in [5, 5.41) is 0.213. The minimum absolute atomic E-state index is 0.0611. The Balaban J connectivity index is 1.80. The smallest absolute Gasteiger partial charge is 0.264 e. The number of nitrogens with zero attached hydrogens (tertiary/aromatic N) is 2. The van der Waals surface area contributed by atoms with E-state index in [1.165, 1.54) is 11.2 Å². The molecule has 154 valence electrons. The van der Waals surface area contributed by atoms with Crippen molar-refractivity contribution in [2.24, 2.45) is 0 Å². The number of benzene rings is 2. The largest absolute Gasteiger partial charge is 0.311 e. The number of thioether (sulfide) groups is 2. The van der Waals surface area contributed by atoms with Gasteiger partial charge in [-0.3, -0.25) is 9.10 Å². The van der Waals surface area contributed by atoms with Crippen molar-refractivity contribution in [1.82, 2.24) is 0 Å². The summed E-state index contributed by atoms with van der Waals surface area (Å²) in [4.78, 5) is 16.1. The van der Waals surface area contributed by atoms with Crippen molar-refractivity contribution in [1.29, 1.82) is 0 Å². The van der Waals surface area contributed by atoms with E-state index in [0.29, 0.717) is 18.8 Å². The summed E-state index contributed by atoms with van der Waals surface area (Å²) in [5.74, 6) is 0.853. The van der Waals surface area contributed by atoms with Crippen molar-refractivity contribution >= 4 is 50.8 Å². The fourth-order valence-electron chi connectivity index (χ4n) is 3.67. The van der Waals surface area contributed by atoms with Gasteiger partial charge in [0.2, 0.25) is 5.91 Å². The molecule has 0 radical (unpaired) electrons. The predicted octanol–water partition coefficient (Wildman–Crippen LogP) is 4.61. The number of anilines is 2. The zero-order chi connectivity index (χ0) is 20.6. The molecule has 2 aromatic carbocycles. The first-order chi connectivity index (χ1) is 13.9. The molecule has 0 saturated heterocycles. The molecule has 5 nitrogen and oxygen atoms in total. The number of hydrogen-bond donors (Lipinski definition) is 0. The average molecular weight is 449 g/mol. The fraction of sp³-hybridized carbons (Fsp3) is 0.381. The van der Waals surface area contributed by atoms with Crippen LogP contribution in [0.1, 0.15) is 26.7 Å².